The summed E-state index contributed by atoms with van der Waals surface area (Å²) in [6, 6.07) is 8.49. The number of amides is 1. The molecule has 3 nitrogen and oxygen atoms in total. The highest BCUT2D eigenvalue weighted by atomic mass is 16.5. The first kappa shape index (κ1) is 14.9. The van der Waals surface area contributed by atoms with Gasteiger partial charge in [0.2, 0.25) is 5.91 Å². The van der Waals surface area contributed by atoms with Gasteiger partial charge in [0.25, 0.3) is 0 Å². The van der Waals surface area contributed by atoms with Crippen LogP contribution in [0.3, 0.4) is 0 Å². The molecular formula is C17H25NO2. The summed E-state index contributed by atoms with van der Waals surface area (Å²) in [4.78, 5) is 14.4. The van der Waals surface area contributed by atoms with E-state index in [9.17, 15) is 4.79 Å². The predicted octanol–water partition coefficient (Wildman–Crippen LogP) is 3.27. The van der Waals surface area contributed by atoms with Crippen molar-refractivity contribution in [3.8, 4) is 5.75 Å². The van der Waals surface area contributed by atoms with Gasteiger partial charge in [-0.15, -0.1) is 0 Å². The van der Waals surface area contributed by atoms with Gasteiger partial charge < -0.3 is 9.64 Å². The van der Waals surface area contributed by atoms with Crippen LogP contribution in [0, 0.1) is 5.92 Å². The molecule has 0 N–H and O–H groups in total. The largest absolute Gasteiger partial charge is 0.497 e. The fourth-order valence-electron chi connectivity index (χ4n) is 2.42. The lowest BCUT2D eigenvalue weighted by Gasteiger charge is -2.24. The van der Waals surface area contributed by atoms with E-state index in [-0.39, 0.29) is 0 Å². The molecule has 1 aromatic rings. The molecule has 20 heavy (non-hydrogen) atoms. The Kier molecular flexibility index (Phi) is 5.05. The number of hydrogen-bond donors (Lipinski definition) is 0. The molecule has 1 aliphatic carbocycles. The Morgan fingerprint density at radius 1 is 1.30 bits per heavy atom. The van der Waals surface area contributed by atoms with Crippen molar-refractivity contribution in [2.24, 2.45) is 5.92 Å². The summed E-state index contributed by atoms with van der Waals surface area (Å²) >= 11 is 0. The highest BCUT2D eigenvalue weighted by molar-refractivity contribution is 5.77. The molecule has 0 aliphatic heterocycles. The topological polar surface area (TPSA) is 29.5 Å². The Balaban J connectivity index is 1.86. The maximum absolute atomic E-state index is 12.4. The quantitative estimate of drug-likeness (QED) is 0.764. The smallest absolute Gasteiger partial charge is 0.223 e. The summed E-state index contributed by atoms with van der Waals surface area (Å²) in [5.41, 5.74) is 1.19. The lowest BCUT2D eigenvalue weighted by molar-refractivity contribution is -0.132. The minimum atomic E-state index is 0.303. The number of carbonyl (C=O) groups excluding carboxylic acids is 1. The molecule has 0 saturated heterocycles. The van der Waals surface area contributed by atoms with Gasteiger partial charge in [-0.3, -0.25) is 4.79 Å². The van der Waals surface area contributed by atoms with Gasteiger partial charge in [0.05, 0.1) is 7.11 Å². The summed E-state index contributed by atoms with van der Waals surface area (Å²) in [6.07, 6.45) is 3.78. The van der Waals surface area contributed by atoms with E-state index in [0.29, 0.717) is 24.3 Å². The molecule has 0 bridgehead atoms. The SMILES string of the molecule is COc1ccc(CCC(=O)N(CC(C)C)C2CC2)cc1. The minimum absolute atomic E-state index is 0.303. The Morgan fingerprint density at radius 2 is 1.95 bits per heavy atom. The summed E-state index contributed by atoms with van der Waals surface area (Å²) in [7, 11) is 1.66. The third-order valence-electron chi connectivity index (χ3n) is 3.66. The Hall–Kier alpha value is -1.51. The van der Waals surface area contributed by atoms with Gasteiger partial charge in [-0.1, -0.05) is 26.0 Å². The third-order valence-corrected chi connectivity index (χ3v) is 3.66. The lowest BCUT2D eigenvalue weighted by Crippen LogP contribution is -2.36. The average molecular weight is 275 g/mol. The number of hydrogen-bond acceptors (Lipinski definition) is 2. The Morgan fingerprint density at radius 3 is 2.45 bits per heavy atom. The Labute approximate surface area is 121 Å². The van der Waals surface area contributed by atoms with Crippen LogP contribution in [0.2, 0.25) is 0 Å². The van der Waals surface area contributed by atoms with Crippen LogP contribution in [0.4, 0.5) is 0 Å². The monoisotopic (exact) mass is 275 g/mol. The first-order valence-electron chi connectivity index (χ1n) is 7.52. The molecule has 1 amide bonds. The molecule has 0 aromatic heterocycles. The maximum atomic E-state index is 12.4. The molecule has 1 fully saturated rings. The summed E-state index contributed by atoms with van der Waals surface area (Å²) < 4.78 is 5.14. The highest BCUT2D eigenvalue weighted by Crippen LogP contribution is 2.28. The first-order valence-corrected chi connectivity index (χ1v) is 7.52. The molecule has 0 unspecified atom stereocenters. The van der Waals surface area contributed by atoms with E-state index in [1.165, 1.54) is 18.4 Å². The molecule has 0 radical (unpaired) electrons. The zero-order chi connectivity index (χ0) is 14.5. The molecule has 1 saturated carbocycles. The van der Waals surface area contributed by atoms with Crippen LogP contribution in [0.25, 0.3) is 0 Å². The average Bonchev–Trinajstić information content (AvgIpc) is 3.27. The van der Waals surface area contributed by atoms with Gasteiger partial charge in [-0.2, -0.15) is 0 Å². The molecular weight excluding hydrogens is 250 g/mol. The lowest BCUT2D eigenvalue weighted by atomic mass is 10.1. The molecule has 0 atom stereocenters. The van der Waals surface area contributed by atoms with Gasteiger partial charge in [-0.25, -0.2) is 0 Å². The minimum Gasteiger partial charge on any atom is -0.497 e. The summed E-state index contributed by atoms with van der Waals surface area (Å²) in [5, 5.41) is 0. The zero-order valence-corrected chi connectivity index (χ0v) is 12.8. The molecule has 0 heterocycles. The molecule has 1 aliphatic rings. The van der Waals surface area contributed by atoms with Gasteiger partial charge in [0.15, 0.2) is 0 Å². The van der Waals surface area contributed by atoms with Crippen LogP contribution in [0.5, 0.6) is 5.75 Å². The van der Waals surface area contributed by atoms with Crippen LogP contribution < -0.4 is 4.74 Å². The fourth-order valence-corrected chi connectivity index (χ4v) is 2.42. The Bertz CT molecular complexity index is 435. The van der Waals surface area contributed by atoms with Crippen molar-refractivity contribution in [3.63, 3.8) is 0 Å². The number of benzene rings is 1. The number of aryl methyl sites for hydroxylation is 1. The standard InChI is InChI=1S/C17H25NO2/c1-13(2)12-18(15-7-8-15)17(19)11-6-14-4-9-16(20-3)10-5-14/h4-5,9-10,13,15H,6-8,11-12H2,1-3H3. The van der Waals surface area contributed by atoms with Crippen LogP contribution in [-0.4, -0.2) is 30.5 Å². The van der Waals surface area contributed by atoms with Crippen molar-refractivity contribution >= 4 is 5.91 Å². The van der Waals surface area contributed by atoms with Crippen molar-refractivity contribution < 1.29 is 9.53 Å². The van der Waals surface area contributed by atoms with Crippen LogP contribution in [0.1, 0.15) is 38.7 Å². The molecule has 110 valence electrons. The summed E-state index contributed by atoms with van der Waals surface area (Å²) in [6.45, 7) is 5.24. The molecule has 1 aromatic carbocycles. The van der Waals surface area contributed by atoms with E-state index in [1.807, 2.05) is 24.3 Å². The summed E-state index contributed by atoms with van der Waals surface area (Å²) in [5.74, 6) is 1.71. The first-order chi connectivity index (χ1) is 9.60. The van der Waals surface area contributed by atoms with Gasteiger partial charge in [-0.05, 0) is 42.9 Å². The van der Waals surface area contributed by atoms with Gasteiger partial charge in [0.1, 0.15) is 5.75 Å². The van der Waals surface area contributed by atoms with E-state index in [0.717, 1.165) is 18.7 Å². The van der Waals surface area contributed by atoms with E-state index in [2.05, 4.69) is 18.7 Å². The van der Waals surface area contributed by atoms with Crippen LogP contribution in [0.15, 0.2) is 24.3 Å². The van der Waals surface area contributed by atoms with Crippen molar-refractivity contribution in [1.82, 2.24) is 4.90 Å². The number of rotatable bonds is 7. The number of methoxy groups -OCH3 is 1. The number of ether oxygens (including phenoxy) is 1. The molecule has 0 spiro atoms. The van der Waals surface area contributed by atoms with E-state index in [4.69, 9.17) is 4.74 Å². The maximum Gasteiger partial charge on any atom is 0.223 e. The number of carbonyl (C=O) groups is 1. The highest BCUT2D eigenvalue weighted by Gasteiger charge is 2.32. The number of nitrogens with zero attached hydrogens (tertiary/aromatic N) is 1. The van der Waals surface area contributed by atoms with Crippen molar-refractivity contribution in [2.45, 2.75) is 45.6 Å². The predicted molar refractivity (Wildman–Crippen MR) is 80.9 cm³/mol. The second kappa shape index (κ2) is 6.78. The van der Waals surface area contributed by atoms with Crippen molar-refractivity contribution in [1.29, 1.82) is 0 Å². The van der Waals surface area contributed by atoms with Crippen molar-refractivity contribution in [3.05, 3.63) is 29.8 Å². The second-order valence-electron chi connectivity index (χ2n) is 6.02. The van der Waals surface area contributed by atoms with Crippen LogP contribution >= 0.6 is 0 Å². The van der Waals surface area contributed by atoms with Gasteiger partial charge >= 0.3 is 0 Å². The third kappa shape index (κ3) is 4.26. The zero-order valence-electron chi connectivity index (χ0n) is 12.8. The normalized spacial score (nSPS) is 14.4. The second-order valence-corrected chi connectivity index (χ2v) is 6.02. The van der Waals surface area contributed by atoms with Gasteiger partial charge in [0, 0.05) is 19.0 Å². The van der Waals surface area contributed by atoms with Crippen LogP contribution in [-0.2, 0) is 11.2 Å². The van der Waals surface area contributed by atoms with E-state index in [1.54, 1.807) is 7.11 Å². The fraction of sp³-hybridized carbons (Fsp3) is 0.588. The molecule has 2 rings (SSSR count). The van der Waals surface area contributed by atoms with E-state index < -0.39 is 0 Å². The molecule has 3 heteroatoms. The van der Waals surface area contributed by atoms with E-state index >= 15 is 0 Å². The van der Waals surface area contributed by atoms with Crippen molar-refractivity contribution in [2.75, 3.05) is 13.7 Å².